The second kappa shape index (κ2) is 6.64. The predicted octanol–water partition coefficient (Wildman–Crippen LogP) is 2.36. The highest BCUT2D eigenvalue weighted by Crippen LogP contribution is 2.38. The fourth-order valence-corrected chi connectivity index (χ4v) is 4.20. The highest BCUT2D eigenvalue weighted by atomic mass is 35.5. The van der Waals surface area contributed by atoms with Crippen molar-refractivity contribution in [1.82, 2.24) is 10.2 Å². The van der Waals surface area contributed by atoms with E-state index in [0.717, 1.165) is 37.3 Å². The average molecular weight is 374 g/mol. The van der Waals surface area contributed by atoms with Crippen LogP contribution in [0.2, 0.25) is 5.15 Å². The van der Waals surface area contributed by atoms with E-state index in [0.29, 0.717) is 28.6 Å². The number of benzene rings is 1. The topological polar surface area (TPSA) is 84.6 Å². The largest absolute Gasteiger partial charge is 0.465 e. The van der Waals surface area contributed by atoms with E-state index in [1.807, 2.05) is 18.2 Å². The van der Waals surface area contributed by atoms with Crippen molar-refractivity contribution in [3.8, 4) is 0 Å². The van der Waals surface area contributed by atoms with Gasteiger partial charge in [-0.25, -0.2) is 4.79 Å². The summed E-state index contributed by atoms with van der Waals surface area (Å²) in [4.78, 5) is 16.5. The molecule has 0 saturated carbocycles. The van der Waals surface area contributed by atoms with Gasteiger partial charge in [0, 0.05) is 36.9 Å². The van der Waals surface area contributed by atoms with Gasteiger partial charge in [-0.1, -0.05) is 17.7 Å². The summed E-state index contributed by atoms with van der Waals surface area (Å²) in [5.41, 5.74) is 8.47. The SMILES string of the molecule is COC(=O)c1cccc(N2[C@@H]3CC[C@H]2CN(c2cc(Cl)nnc2N)C3)c1. The summed E-state index contributed by atoms with van der Waals surface area (Å²) >= 11 is 6.00. The van der Waals surface area contributed by atoms with Gasteiger partial charge in [-0.15, -0.1) is 10.2 Å². The maximum atomic E-state index is 11.8. The Balaban J connectivity index is 1.60. The molecular formula is C18H20ClN5O2. The zero-order valence-electron chi connectivity index (χ0n) is 14.4. The molecule has 2 saturated heterocycles. The maximum absolute atomic E-state index is 11.8. The molecule has 0 unspecified atom stereocenters. The quantitative estimate of drug-likeness (QED) is 0.826. The van der Waals surface area contributed by atoms with Gasteiger partial charge < -0.3 is 20.3 Å². The fraction of sp³-hybridized carbons (Fsp3) is 0.389. The summed E-state index contributed by atoms with van der Waals surface area (Å²) in [6.45, 7) is 1.65. The van der Waals surface area contributed by atoms with E-state index in [-0.39, 0.29) is 5.97 Å². The van der Waals surface area contributed by atoms with Crippen LogP contribution >= 0.6 is 11.6 Å². The number of methoxy groups -OCH3 is 1. The standard InChI is InChI=1S/C18H20ClN5O2/c1-26-18(25)11-3-2-4-12(7-11)24-13-5-6-14(24)10-23(9-13)15-8-16(19)21-22-17(15)20/h2-4,7-8,13-14H,5-6,9-10H2,1H3,(H2,20,22)/t13-,14+. The Morgan fingerprint density at radius 1 is 1.23 bits per heavy atom. The number of nitrogen functional groups attached to an aromatic ring is 1. The smallest absolute Gasteiger partial charge is 0.337 e. The number of halogens is 1. The maximum Gasteiger partial charge on any atom is 0.337 e. The molecule has 2 fully saturated rings. The van der Waals surface area contributed by atoms with Crippen LogP contribution in [-0.2, 0) is 4.74 Å². The van der Waals surface area contributed by atoms with Crippen LogP contribution in [0, 0.1) is 0 Å². The van der Waals surface area contributed by atoms with Crippen LogP contribution in [0.25, 0.3) is 0 Å². The number of carbonyl (C=O) groups is 1. The van der Waals surface area contributed by atoms with E-state index < -0.39 is 0 Å². The molecule has 0 spiro atoms. The minimum Gasteiger partial charge on any atom is -0.465 e. The van der Waals surface area contributed by atoms with Crippen molar-refractivity contribution in [2.45, 2.75) is 24.9 Å². The van der Waals surface area contributed by atoms with Crippen molar-refractivity contribution >= 4 is 34.8 Å². The van der Waals surface area contributed by atoms with Crippen molar-refractivity contribution in [3.05, 3.63) is 41.0 Å². The summed E-state index contributed by atoms with van der Waals surface area (Å²) < 4.78 is 4.84. The van der Waals surface area contributed by atoms with Gasteiger partial charge in [0.25, 0.3) is 0 Å². The molecule has 0 radical (unpaired) electrons. The molecule has 1 aromatic carbocycles. The van der Waals surface area contributed by atoms with Gasteiger partial charge in [-0.05, 0) is 31.0 Å². The first kappa shape index (κ1) is 16.9. The fourth-order valence-electron chi connectivity index (χ4n) is 4.05. The molecule has 2 bridgehead atoms. The number of rotatable bonds is 3. The van der Waals surface area contributed by atoms with Gasteiger partial charge >= 0.3 is 5.97 Å². The summed E-state index contributed by atoms with van der Waals surface area (Å²) in [6, 6.07) is 10.1. The Bertz CT molecular complexity index is 832. The lowest BCUT2D eigenvalue weighted by Gasteiger charge is -2.43. The Hall–Kier alpha value is -2.54. The van der Waals surface area contributed by atoms with E-state index >= 15 is 0 Å². The normalized spacial score (nSPS) is 21.8. The first-order valence-corrected chi connectivity index (χ1v) is 8.95. The van der Waals surface area contributed by atoms with Crippen LogP contribution in [0.3, 0.4) is 0 Å². The van der Waals surface area contributed by atoms with Crippen LogP contribution < -0.4 is 15.5 Å². The van der Waals surface area contributed by atoms with E-state index in [1.54, 1.807) is 12.1 Å². The van der Waals surface area contributed by atoms with Gasteiger partial charge in [0.2, 0.25) is 0 Å². The molecule has 2 aliphatic rings. The number of hydrogen-bond donors (Lipinski definition) is 1. The Morgan fingerprint density at radius 2 is 1.96 bits per heavy atom. The van der Waals surface area contributed by atoms with Gasteiger partial charge in [-0.2, -0.15) is 0 Å². The molecule has 1 aromatic heterocycles. The monoisotopic (exact) mass is 373 g/mol. The number of piperazine rings is 1. The lowest BCUT2D eigenvalue weighted by molar-refractivity contribution is 0.0600. The van der Waals surface area contributed by atoms with Crippen molar-refractivity contribution in [2.24, 2.45) is 0 Å². The van der Waals surface area contributed by atoms with Gasteiger partial charge in [-0.3, -0.25) is 0 Å². The van der Waals surface area contributed by atoms with Gasteiger partial charge in [0.05, 0.1) is 18.4 Å². The molecular weight excluding hydrogens is 354 g/mol. The van der Waals surface area contributed by atoms with E-state index in [1.165, 1.54) is 7.11 Å². The third-order valence-electron chi connectivity index (χ3n) is 5.16. The number of nitrogens with two attached hydrogens (primary N) is 1. The number of fused-ring (bicyclic) bond motifs is 2. The predicted molar refractivity (Wildman–Crippen MR) is 101 cm³/mol. The molecule has 2 aromatic rings. The third kappa shape index (κ3) is 2.92. The molecule has 2 aliphatic heterocycles. The van der Waals surface area contributed by atoms with Crippen LogP contribution in [-0.4, -0.2) is 48.4 Å². The van der Waals surface area contributed by atoms with E-state index in [2.05, 4.69) is 20.0 Å². The highest BCUT2D eigenvalue weighted by molar-refractivity contribution is 6.29. The first-order valence-electron chi connectivity index (χ1n) is 8.57. The number of ether oxygens (including phenoxy) is 1. The zero-order chi connectivity index (χ0) is 18.3. The molecule has 7 nitrogen and oxygen atoms in total. The second-order valence-corrected chi connectivity index (χ2v) is 7.06. The molecule has 0 aliphatic carbocycles. The average Bonchev–Trinajstić information content (AvgIpc) is 2.93. The van der Waals surface area contributed by atoms with Gasteiger partial charge in [0.1, 0.15) is 0 Å². The lowest BCUT2D eigenvalue weighted by atomic mass is 10.1. The third-order valence-corrected chi connectivity index (χ3v) is 5.34. The number of esters is 1. The molecule has 4 rings (SSSR count). The number of nitrogens with zero attached hydrogens (tertiary/aromatic N) is 4. The van der Waals surface area contributed by atoms with Crippen LogP contribution in [0.5, 0.6) is 0 Å². The van der Waals surface area contributed by atoms with Gasteiger partial charge in [0.15, 0.2) is 11.0 Å². The Morgan fingerprint density at radius 3 is 2.65 bits per heavy atom. The van der Waals surface area contributed by atoms with Crippen molar-refractivity contribution in [2.75, 3.05) is 35.7 Å². The Kier molecular flexibility index (Phi) is 4.32. The molecule has 3 heterocycles. The number of carbonyl (C=O) groups excluding carboxylic acids is 1. The van der Waals surface area contributed by atoms with Crippen molar-refractivity contribution < 1.29 is 9.53 Å². The summed E-state index contributed by atoms with van der Waals surface area (Å²) in [5.74, 6) is 0.0815. The molecule has 2 N–H and O–H groups in total. The summed E-state index contributed by atoms with van der Waals surface area (Å²) in [5, 5.41) is 8.07. The summed E-state index contributed by atoms with van der Waals surface area (Å²) in [6.07, 6.45) is 2.19. The molecule has 8 heteroatoms. The molecule has 136 valence electrons. The first-order chi connectivity index (χ1) is 12.6. The Labute approximate surface area is 156 Å². The molecule has 0 amide bonds. The minimum atomic E-state index is -0.317. The van der Waals surface area contributed by atoms with E-state index in [4.69, 9.17) is 22.1 Å². The number of aromatic nitrogens is 2. The lowest BCUT2D eigenvalue weighted by Crippen LogP contribution is -2.54. The molecule has 2 atom stereocenters. The van der Waals surface area contributed by atoms with Crippen LogP contribution in [0.4, 0.5) is 17.2 Å². The van der Waals surface area contributed by atoms with Crippen LogP contribution in [0.1, 0.15) is 23.2 Å². The van der Waals surface area contributed by atoms with Crippen molar-refractivity contribution in [3.63, 3.8) is 0 Å². The number of anilines is 3. The highest BCUT2D eigenvalue weighted by Gasteiger charge is 2.40. The number of hydrogen-bond acceptors (Lipinski definition) is 7. The van der Waals surface area contributed by atoms with E-state index in [9.17, 15) is 4.79 Å². The van der Waals surface area contributed by atoms with Crippen molar-refractivity contribution in [1.29, 1.82) is 0 Å². The van der Waals surface area contributed by atoms with Crippen LogP contribution in [0.15, 0.2) is 30.3 Å². The zero-order valence-corrected chi connectivity index (χ0v) is 15.2. The summed E-state index contributed by atoms with van der Waals surface area (Å²) in [7, 11) is 1.40. The molecule has 26 heavy (non-hydrogen) atoms. The second-order valence-electron chi connectivity index (χ2n) is 6.68. The minimum absolute atomic E-state index is 0.317.